The van der Waals surface area contributed by atoms with Gasteiger partial charge in [0, 0.05) is 6.04 Å². The van der Waals surface area contributed by atoms with Crippen molar-refractivity contribution < 1.29 is 5.11 Å². The van der Waals surface area contributed by atoms with Gasteiger partial charge in [-0.1, -0.05) is 60.8 Å². The van der Waals surface area contributed by atoms with Gasteiger partial charge in [0.2, 0.25) is 0 Å². The summed E-state index contributed by atoms with van der Waals surface area (Å²) in [6.45, 7) is 12.9. The first-order valence-corrected chi connectivity index (χ1v) is 9.15. The third-order valence-corrected chi connectivity index (χ3v) is 5.29. The van der Waals surface area contributed by atoms with E-state index < -0.39 is 0 Å². The van der Waals surface area contributed by atoms with E-state index in [4.69, 9.17) is 5.73 Å². The Labute approximate surface area is 142 Å². The second-order valence-electron chi connectivity index (χ2n) is 9.39. The highest BCUT2D eigenvalue weighted by atomic mass is 16.3. The molecule has 0 aromatic heterocycles. The Morgan fingerprint density at radius 3 is 1.74 bits per heavy atom. The maximum atomic E-state index is 10.8. The van der Waals surface area contributed by atoms with Crippen LogP contribution < -0.4 is 5.73 Å². The lowest BCUT2D eigenvalue weighted by atomic mass is 9.75. The summed E-state index contributed by atoms with van der Waals surface area (Å²) in [5.41, 5.74) is 9.72. The number of phenolic OH excluding ortho intramolecular Hbond substituents is 1. The van der Waals surface area contributed by atoms with Crippen molar-refractivity contribution in [1.82, 2.24) is 0 Å². The van der Waals surface area contributed by atoms with Crippen molar-refractivity contribution in [3.63, 3.8) is 0 Å². The minimum Gasteiger partial charge on any atom is -0.507 e. The molecule has 1 atom stereocenters. The maximum Gasteiger partial charge on any atom is 0.123 e. The van der Waals surface area contributed by atoms with E-state index in [-0.39, 0.29) is 16.9 Å². The van der Waals surface area contributed by atoms with Crippen LogP contribution in [0.25, 0.3) is 0 Å². The van der Waals surface area contributed by atoms with Crippen LogP contribution in [0, 0.1) is 5.92 Å². The first kappa shape index (κ1) is 18.3. The van der Waals surface area contributed by atoms with Gasteiger partial charge < -0.3 is 10.8 Å². The molecule has 1 aliphatic carbocycles. The topological polar surface area (TPSA) is 46.2 Å². The molecular formula is C21H35NO. The summed E-state index contributed by atoms with van der Waals surface area (Å²) in [7, 11) is 0. The first-order valence-electron chi connectivity index (χ1n) is 9.15. The Balaban J connectivity index is 2.51. The van der Waals surface area contributed by atoms with Crippen LogP contribution in [0.2, 0.25) is 0 Å². The van der Waals surface area contributed by atoms with Crippen LogP contribution >= 0.6 is 0 Å². The molecule has 1 aromatic rings. The number of nitrogens with two attached hydrogens (primary N) is 1. The van der Waals surface area contributed by atoms with Gasteiger partial charge in [0.15, 0.2) is 0 Å². The Morgan fingerprint density at radius 2 is 1.35 bits per heavy atom. The molecule has 0 aliphatic heterocycles. The summed E-state index contributed by atoms with van der Waals surface area (Å²) in [5, 5.41) is 10.8. The highest BCUT2D eigenvalue weighted by Gasteiger charge is 2.29. The predicted molar refractivity (Wildman–Crippen MR) is 99.0 cm³/mol. The summed E-state index contributed by atoms with van der Waals surface area (Å²) in [6, 6.07) is 4.39. The third-order valence-electron chi connectivity index (χ3n) is 5.29. The van der Waals surface area contributed by atoms with Crippen LogP contribution in [0.1, 0.15) is 96.4 Å². The number of hydrogen-bond acceptors (Lipinski definition) is 2. The monoisotopic (exact) mass is 317 g/mol. The lowest BCUT2D eigenvalue weighted by Gasteiger charge is -2.32. The van der Waals surface area contributed by atoms with E-state index in [9.17, 15) is 5.11 Å². The normalized spacial score (nSPS) is 18.9. The third kappa shape index (κ3) is 4.09. The fraction of sp³-hybridized carbons (Fsp3) is 0.714. The Bertz CT molecular complexity index is 507. The fourth-order valence-electron chi connectivity index (χ4n) is 3.76. The largest absolute Gasteiger partial charge is 0.507 e. The van der Waals surface area contributed by atoms with Gasteiger partial charge in [-0.05, 0) is 58.4 Å². The van der Waals surface area contributed by atoms with E-state index in [1.807, 2.05) is 0 Å². The average Bonchev–Trinajstić information content (AvgIpc) is 2.45. The van der Waals surface area contributed by atoms with Crippen molar-refractivity contribution in [3.8, 4) is 5.75 Å². The zero-order chi connectivity index (χ0) is 17.4. The van der Waals surface area contributed by atoms with Crippen molar-refractivity contribution >= 4 is 0 Å². The van der Waals surface area contributed by atoms with Gasteiger partial charge >= 0.3 is 0 Å². The molecular weight excluding hydrogens is 282 g/mol. The lowest BCUT2D eigenvalue weighted by Crippen LogP contribution is -2.25. The van der Waals surface area contributed by atoms with E-state index in [1.165, 1.54) is 37.7 Å². The number of rotatable bonds is 2. The molecule has 130 valence electrons. The number of phenols is 1. The van der Waals surface area contributed by atoms with Crippen molar-refractivity contribution in [2.45, 2.75) is 90.5 Å². The minimum absolute atomic E-state index is 0.0816. The molecule has 3 N–H and O–H groups in total. The summed E-state index contributed by atoms with van der Waals surface area (Å²) in [6.07, 6.45) is 6.41. The molecule has 0 bridgehead atoms. The quantitative estimate of drug-likeness (QED) is 0.749. The molecule has 0 radical (unpaired) electrons. The number of aromatic hydroxyl groups is 1. The first-order chi connectivity index (χ1) is 10.5. The van der Waals surface area contributed by atoms with Crippen LogP contribution in [0.4, 0.5) is 0 Å². The summed E-state index contributed by atoms with van der Waals surface area (Å²) in [5.74, 6) is 1.03. The van der Waals surface area contributed by atoms with E-state index in [0.29, 0.717) is 11.7 Å². The molecule has 0 spiro atoms. The fourth-order valence-corrected chi connectivity index (χ4v) is 3.76. The molecule has 0 saturated heterocycles. The second kappa shape index (κ2) is 6.47. The highest BCUT2D eigenvalue weighted by Crippen LogP contribution is 2.42. The summed E-state index contributed by atoms with van der Waals surface area (Å²) in [4.78, 5) is 0. The van der Waals surface area contributed by atoms with Crippen molar-refractivity contribution in [2.24, 2.45) is 11.7 Å². The molecule has 23 heavy (non-hydrogen) atoms. The summed E-state index contributed by atoms with van der Waals surface area (Å²) >= 11 is 0. The molecule has 0 amide bonds. The number of hydrogen-bond donors (Lipinski definition) is 2. The molecule has 1 saturated carbocycles. The van der Waals surface area contributed by atoms with Gasteiger partial charge in [-0.2, -0.15) is 0 Å². The Hall–Kier alpha value is -1.02. The lowest BCUT2D eigenvalue weighted by molar-refractivity contribution is 0.307. The van der Waals surface area contributed by atoms with Crippen LogP contribution in [-0.2, 0) is 10.8 Å². The van der Waals surface area contributed by atoms with Crippen LogP contribution in [0.3, 0.4) is 0 Å². The predicted octanol–water partition coefficient (Wildman–Crippen LogP) is 5.57. The van der Waals surface area contributed by atoms with Gasteiger partial charge in [-0.25, -0.2) is 0 Å². The smallest absolute Gasteiger partial charge is 0.123 e. The SMILES string of the molecule is CC(C)(C)c1cc([C@@H](N)C2CCCCC2)cc(C(C)(C)C)c1O. The van der Waals surface area contributed by atoms with Gasteiger partial charge in [0.25, 0.3) is 0 Å². The van der Waals surface area contributed by atoms with E-state index in [0.717, 1.165) is 11.1 Å². The van der Waals surface area contributed by atoms with Crippen LogP contribution in [0.15, 0.2) is 12.1 Å². The van der Waals surface area contributed by atoms with Crippen LogP contribution in [0.5, 0.6) is 5.75 Å². The standard InChI is InChI=1S/C21H35NO/c1-20(2,3)16-12-15(13-17(19(16)23)21(4,5)6)18(22)14-10-8-7-9-11-14/h12-14,18,23H,7-11,22H2,1-6H3/t18-/m0/s1. The van der Waals surface area contributed by atoms with Crippen molar-refractivity contribution in [2.75, 3.05) is 0 Å². The Morgan fingerprint density at radius 1 is 0.913 bits per heavy atom. The molecule has 2 heteroatoms. The van der Waals surface area contributed by atoms with Crippen molar-refractivity contribution in [1.29, 1.82) is 0 Å². The van der Waals surface area contributed by atoms with Gasteiger partial charge in [0.1, 0.15) is 5.75 Å². The molecule has 2 rings (SSSR count). The molecule has 1 aliphatic rings. The van der Waals surface area contributed by atoms with Crippen LogP contribution in [-0.4, -0.2) is 5.11 Å². The van der Waals surface area contributed by atoms with E-state index in [1.54, 1.807) is 0 Å². The van der Waals surface area contributed by atoms with Gasteiger partial charge in [0.05, 0.1) is 0 Å². The Kier molecular flexibility index (Phi) is 5.15. The molecule has 0 unspecified atom stereocenters. The zero-order valence-corrected chi connectivity index (χ0v) is 15.9. The van der Waals surface area contributed by atoms with Gasteiger partial charge in [-0.15, -0.1) is 0 Å². The molecule has 1 fully saturated rings. The molecule has 0 heterocycles. The average molecular weight is 318 g/mol. The minimum atomic E-state index is -0.0909. The summed E-state index contributed by atoms with van der Waals surface area (Å²) < 4.78 is 0. The molecule has 2 nitrogen and oxygen atoms in total. The van der Waals surface area contributed by atoms with E-state index in [2.05, 4.69) is 53.7 Å². The van der Waals surface area contributed by atoms with Crippen molar-refractivity contribution in [3.05, 3.63) is 28.8 Å². The second-order valence-corrected chi connectivity index (χ2v) is 9.39. The number of benzene rings is 1. The van der Waals surface area contributed by atoms with Gasteiger partial charge in [-0.3, -0.25) is 0 Å². The molecule has 1 aromatic carbocycles. The highest BCUT2D eigenvalue weighted by molar-refractivity contribution is 5.50. The maximum absolute atomic E-state index is 10.8. The zero-order valence-electron chi connectivity index (χ0n) is 15.9. The van der Waals surface area contributed by atoms with E-state index >= 15 is 0 Å².